The van der Waals surface area contributed by atoms with E-state index in [2.05, 4.69) is 53.9 Å². The molecule has 1 aromatic heterocycles. The maximum Gasteiger partial charge on any atom is 0.322 e. The van der Waals surface area contributed by atoms with E-state index in [4.69, 9.17) is 0 Å². The SMILES string of the molecule is CC1CN(c2nccs2)CCN1C(=O)Nc1ccc([Si](C)(C)C)cc1. The minimum atomic E-state index is -1.31. The van der Waals surface area contributed by atoms with Crippen LogP contribution in [0.2, 0.25) is 19.6 Å². The van der Waals surface area contributed by atoms with Crippen LogP contribution in [0.3, 0.4) is 0 Å². The monoisotopic (exact) mass is 374 g/mol. The van der Waals surface area contributed by atoms with Gasteiger partial charge in [-0.05, 0) is 19.1 Å². The first kappa shape index (κ1) is 17.9. The Hall–Kier alpha value is -1.86. The number of thiazole rings is 1. The fourth-order valence-electron chi connectivity index (χ4n) is 3.05. The number of benzene rings is 1. The topological polar surface area (TPSA) is 48.5 Å². The van der Waals surface area contributed by atoms with Gasteiger partial charge in [-0.2, -0.15) is 0 Å². The van der Waals surface area contributed by atoms with Gasteiger partial charge in [0.1, 0.15) is 0 Å². The van der Waals surface area contributed by atoms with Crippen molar-refractivity contribution in [1.82, 2.24) is 9.88 Å². The number of piperazine rings is 1. The van der Waals surface area contributed by atoms with E-state index in [1.807, 2.05) is 28.6 Å². The second-order valence-electron chi connectivity index (χ2n) is 7.56. The van der Waals surface area contributed by atoms with Crippen LogP contribution in [0.5, 0.6) is 0 Å². The Morgan fingerprint density at radius 2 is 1.96 bits per heavy atom. The molecule has 2 heterocycles. The Kier molecular flexibility index (Phi) is 5.15. The Morgan fingerprint density at radius 3 is 2.52 bits per heavy atom. The van der Waals surface area contributed by atoms with Gasteiger partial charge in [0.2, 0.25) is 0 Å². The molecule has 0 spiro atoms. The third-order valence-electron chi connectivity index (χ3n) is 4.58. The van der Waals surface area contributed by atoms with Gasteiger partial charge in [-0.1, -0.05) is 37.0 Å². The highest BCUT2D eigenvalue weighted by molar-refractivity contribution is 7.13. The zero-order chi connectivity index (χ0) is 18.0. The predicted octanol–water partition coefficient (Wildman–Crippen LogP) is 3.43. The maximum absolute atomic E-state index is 12.6. The van der Waals surface area contributed by atoms with E-state index in [0.717, 1.165) is 23.9 Å². The lowest BCUT2D eigenvalue weighted by molar-refractivity contribution is 0.185. The van der Waals surface area contributed by atoms with E-state index in [0.29, 0.717) is 6.54 Å². The average molecular weight is 375 g/mol. The first-order valence-corrected chi connectivity index (χ1v) is 13.0. The van der Waals surface area contributed by atoms with Gasteiger partial charge in [0, 0.05) is 42.9 Å². The molecule has 1 aliphatic rings. The number of anilines is 2. The van der Waals surface area contributed by atoms with Crippen molar-refractivity contribution >= 4 is 41.4 Å². The zero-order valence-electron chi connectivity index (χ0n) is 15.3. The number of aromatic nitrogens is 1. The minimum Gasteiger partial charge on any atom is -0.344 e. The van der Waals surface area contributed by atoms with Gasteiger partial charge >= 0.3 is 6.03 Å². The van der Waals surface area contributed by atoms with Gasteiger partial charge < -0.3 is 15.1 Å². The van der Waals surface area contributed by atoms with E-state index in [1.165, 1.54) is 5.19 Å². The molecule has 25 heavy (non-hydrogen) atoms. The van der Waals surface area contributed by atoms with Crippen molar-refractivity contribution < 1.29 is 4.79 Å². The summed E-state index contributed by atoms with van der Waals surface area (Å²) in [5.41, 5.74) is 0.863. The first-order valence-electron chi connectivity index (χ1n) is 8.67. The third kappa shape index (κ3) is 4.22. The quantitative estimate of drug-likeness (QED) is 0.838. The lowest BCUT2D eigenvalue weighted by Gasteiger charge is -2.39. The number of rotatable bonds is 3. The third-order valence-corrected chi connectivity index (χ3v) is 7.48. The number of carbonyl (C=O) groups excluding carboxylic acids is 1. The van der Waals surface area contributed by atoms with E-state index in [1.54, 1.807) is 11.3 Å². The molecule has 5 nitrogen and oxygen atoms in total. The van der Waals surface area contributed by atoms with Crippen LogP contribution in [0.1, 0.15) is 6.92 Å². The molecular formula is C18H26N4OSSi. The lowest BCUT2D eigenvalue weighted by atomic mass is 10.2. The second-order valence-corrected chi connectivity index (χ2v) is 13.5. The summed E-state index contributed by atoms with van der Waals surface area (Å²) < 4.78 is 0. The highest BCUT2D eigenvalue weighted by atomic mass is 32.1. The van der Waals surface area contributed by atoms with Crippen molar-refractivity contribution in [1.29, 1.82) is 0 Å². The molecule has 1 unspecified atom stereocenters. The average Bonchev–Trinajstić information content (AvgIpc) is 3.08. The van der Waals surface area contributed by atoms with Gasteiger partial charge in [-0.25, -0.2) is 9.78 Å². The number of carbonyl (C=O) groups is 1. The molecule has 1 aliphatic heterocycles. The summed E-state index contributed by atoms with van der Waals surface area (Å²) >= 11 is 1.65. The summed E-state index contributed by atoms with van der Waals surface area (Å²) in [4.78, 5) is 21.2. The molecule has 2 aromatic rings. The summed E-state index contributed by atoms with van der Waals surface area (Å²) in [6, 6.07) is 8.45. The Bertz CT molecular complexity index is 712. The summed E-state index contributed by atoms with van der Waals surface area (Å²) in [5, 5.41) is 7.47. The van der Waals surface area contributed by atoms with Crippen LogP contribution in [0.25, 0.3) is 0 Å². The Balaban J connectivity index is 1.60. The highest BCUT2D eigenvalue weighted by Crippen LogP contribution is 2.22. The summed E-state index contributed by atoms with van der Waals surface area (Å²) in [7, 11) is -1.31. The molecule has 2 amide bonds. The summed E-state index contributed by atoms with van der Waals surface area (Å²) in [5.74, 6) is 0. The normalized spacial score (nSPS) is 18.3. The molecule has 134 valence electrons. The van der Waals surface area contributed by atoms with Crippen molar-refractivity contribution in [3.8, 4) is 0 Å². The minimum absolute atomic E-state index is 0.0213. The summed E-state index contributed by atoms with van der Waals surface area (Å²) in [6.45, 7) is 11.4. The van der Waals surface area contributed by atoms with Crippen LogP contribution in [-0.2, 0) is 0 Å². The van der Waals surface area contributed by atoms with Gasteiger partial charge in [-0.3, -0.25) is 0 Å². The molecule has 1 fully saturated rings. The molecule has 3 rings (SSSR count). The van der Waals surface area contributed by atoms with Gasteiger partial charge in [0.15, 0.2) is 5.13 Å². The van der Waals surface area contributed by atoms with Crippen LogP contribution in [-0.4, -0.2) is 49.7 Å². The van der Waals surface area contributed by atoms with Gasteiger partial charge in [0.25, 0.3) is 0 Å². The molecule has 0 saturated carbocycles. The van der Waals surface area contributed by atoms with Gasteiger partial charge in [0.05, 0.1) is 8.07 Å². The van der Waals surface area contributed by atoms with Gasteiger partial charge in [-0.15, -0.1) is 11.3 Å². The molecule has 1 saturated heterocycles. The number of hydrogen-bond acceptors (Lipinski definition) is 4. The lowest BCUT2D eigenvalue weighted by Crippen LogP contribution is -2.55. The summed E-state index contributed by atoms with van der Waals surface area (Å²) in [6.07, 6.45) is 1.83. The fraction of sp³-hybridized carbons (Fsp3) is 0.444. The molecule has 0 aliphatic carbocycles. The van der Waals surface area contributed by atoms with Crippen molar-refractivity contribution in [2.45, 2.75) is 32.6 Å². The number of amides is 2. The van der Waals surface area contributed by atoms with E-state index >= 15 is 0 Å². The second kappa shape index (κ2) is 7.17. The predicted molar refractivity (Wildman–Crippen MR) is 109 cm³/mol. The largest absolute Gasteiger partial charge is 0.344 e. The smallest absolute Gasteiger partial charge is 0.322 e. The fourth-order valence-corrected chi connectivity index (χ4v) is 4.90. The number of nitrogens with one attached hydrogen (secondary N) is 1. The maximum atomic E-state index is 12.6. The molecular weight excluding hydrogens is 348 g/mol. The molecule has 0 radical (unpaired) electrons. The Morgan fingerprint density at radius 1 is 1.24 bits per heavy atom. The molecule has 1 aromatic carbocycles. The molecule has 1 N–H and O–H groups in total. The van der Waals surface area contributed by atoms with Crippen LogP contribution >= 0.6 is 11.3 Å². The zero-order valence-corrected chi connectivity index (χ0v) is 17.1. The standard InChI is InChI=1S/C18H26N4OSSi/c1-14-13-21(18-19-9-12-24-18)10-11-22(14)17(23)20-15-5-7-16(8-6-15)25(2,3)4/h5-9,12,14H,10-11,13H2,1-4H3,(H,20,23). The molecule has 1 atom stereocenters. The van der Waals surface area contributed by atoms with Crippen LogP contribution in [0, 0.1) is 0 Å². The molecule has 0 bridgehead atoms. The van der Waals surface area contributed by atoms with Crippen molar-refractivity contribution in [2.24, 2.45) is 0 Å². The van der Waals surface area contributed by atoms with Crippen molar-refractivity contribution in [3.05, 3.63) is 35.8 Å². The highest BCUT2D eigenvalue weighted by Gasteiger charge is 2.28. The number of nitrogens with zero attached hydrogens (tertiary/aromatic N) is 3. The number of hydrogen-bond donors (Lipinski definition) is 1. The molecule has 7 heteroatoms. The van der Waals surface area contributed by atoms with Crippen LogP contribution < -0.4 is 15.4 Å². The van der Waals surface area contributed by atoms with E-state index in [-0.39, 0.29) is 12.1 Å². The Labute approximate surface area is 154 Å². The van der Waals surface area contributed by atoms with Crippen LogP contribution in [0.15, 0.2) is 35.8 Å². The first-order chi connectivity index (χ1) is 11.8. The van der Waals surface area contributed by atoms with Crippen LogP contribution in [0.4, 0.5) is 15.6 Å². The van der Waals surface area contributed by atoms with E-state index in [9.17, 15) is 4.79 Å². The number of urea groups is 1. The van der Waals surface area contributed by atoms with E-state index < -0.39 is 8.07 Å². The van der Waals surface area contributed by atoms with Crippen molar-refractivity contribution in [3.63, 3.8) is 0 Å². The van der Waals surface area contributed by atoms with Crippen molar-refractivity contribution in [2.75, 3.05) is 29.9 Å².